The fourth-order valence-corrected chi connectivity index (χ4v) is 1.04. The maximum Gasteiger partial charge on any atom is 0.387 e. The molecule has 0 amide bonds. The number of aryl methyl sites for hydroxylation is 1. The van der Waals surface area contributed by atoms with Crippen LogP contribution in [-0.2, 0) is 0 Å². The van der Waals surface area contributed by atoms with Crippen LogP contribution in [0.15, 0.2) is 12.1 Å². The first-order chi connectivity index (χ1) is 6.54. The monoisotopic (exact) mass is 204 g/mol. The summed E-state index contributed by atoms with van der Waals surface area (Å²) < 4.78 is 40.5. The number of benzene rings is 1. The zero-order valence-electron chi connectivity index (χ0n) is 7.26. The molecule has 0 unspecified atom stereocenters. The quantitative estimate of drug-likeness (QED) is 0.707. The zero-order valence-corrected chi connectivity index (χ0v) is 7.26. The number of hydrogen-bond acceptors (Lipinski definition) is 2. The summed E-state index contributed by atoms with van der Waals surface area (Å²) in [5.41, 5.74) is 0.113. The van der Waals surface area contributed by atoms with Crippen LogP contribution < -0.4 is 4.74 Å². The zero-order chi connectivity index (χ0) is 10.7. The second-order valence-electron chi connectivity index (χ2n) is 2.63. The molecule has 0 radical (unpaired) electrons. The van der Waals surface area contributed by atoms with E-state index in [0.717, 1.165) is 6.07 Å². The van der Waals surface area contributed by atoms with Crippen LogP contribution in [0, 0.1) is 12.7 Å². The Morgan fingerprint density at radius 2 is 2.07 bits per heavy atom. The molecule has 0 saturated heterocycles. The highest BCUT2D eigenvalue weighted by Gasteiger charge is 2.10. The molecule has 2 nitrogen and oxygen atoms in total. The van der Waals surface area contributed by atoms with Crippen molar-refractivity contribution in [2.75, 3.05) is 0 Å². The lowest BCUT2D eigenvalue weighted by molar-refractivity contribution is -0.0500. The fraction of sp³-hybridized carbons (Fsp3) is 0.222. The number of rotatable bonds is 3. The lowest BCUT2D eigenvalue weighted by Gasteiger charge is -2.07. The van der Waals surface area contributed by atoms with Gasteiger partial charge in [-0.1, -0.05) is 0 Å². The second kappa shape index (κ2) is 4.13. The van der Waals surface area contributed by atoms with Crippen LogP contribution in [0.4, 0.5) is 13.2 Å². The van der Waals surface area contributed by atoms with Crippen molar-refractivity contribution in [1.82, 2.24) is 0 Å². The van der Waals surface area contributed by atoms with Crippen LogP contribution in [0.3, 0.4) is 0 Å². The third kappa shape index (κ3) is 2.25. The van der Waals surface area contributed by atoms with E-state index >= 15 is 0 Å². The molecular formula is C9H7F3O2. The second-order valence-corrected chi connectivity index (χ2v) is 2.63. The Hall–Kier alpha value is -1.52. The molecule has 5 heteroatoms. The minimum absolute atomic E-state index is 0.147. The molecule has 0 atom stereocenters. The Balaban J connectivity index is 3.07. The van der Waals surface area contributed by atoms with Crippen LogP contribution in [0.5, 0.6) is 5.75 Å². The molecule has 76 valence electrons. The minimum Gasteiger partial charge on any atom is -0.435 e. The predicted molar refractivity (Wildman–Crippen MR) is 43.2 cm³/mol. The van der Waals surface area contributed by atoms with Gasteiger partial charge in [-0.2, -0.15) is 8.78 Å². The molecule has 14 heavy (non-hydrogen) atoms. The highest BCUT2D eigenvalue weighted by atomic mass is 19.3. The van der Waals surface area contributed by atoms with Crippen molar-refractivity contribution in [3.05, 3.63) is 29.1 Å². The third-order valence-electron chi connectivity index (χ3n) is 1.65. The standard InChI is InChI=1S/C9H7F3O2/c1-5-2-6(14-9(11)12)3-8(10)7(5)4-13/h2-4,9H,1H3. The smallest absolute Gasteiger partial charge is 0.387 e. The maximum atomic E-state index is 13.0. The first kappa shape index (κ1) is 10.6. The molecule has 0 bridgehead atoms. The number of ether oxygens (including phenoxy) is 1. The van der Waals surface area contributed by atoms with Gasteiger partial charge in [-0.3, -0.25) is 4.79 Å². The molecule has 0 N–H and O–H groups in total. The third-order valence-corrected chi connectivity index (χ3v) is 1.65. The van der Waals surface area contributed by atoms with E-state index in [-0.39, 0.29) is 16.9 Å². The van der Waals surface area contributed by atoms with Gasteiger partial charge in [0.15, 0.2) is 6.29 Å². The number of carbonyl (C=O) groups excluding carboxylic acids is 1. The van der Waals surface area contributed by atoms with Crippen LogP contribution in [-0.4, -0.2) is 12.9 Å². The van der Waals surface area contributed by atoms with E-state index in [2.05, 4.69) is 4.74 Å². The van der Waals surface area contributed by atoms with Crippen LogP contribution >= 0.6 is 0 Å². The Morgan fingerprint density at radius 1 is 1.43 bits per heavy atom. The fourth-order valence-electron chi connectivity index (χ4n) is 1.04. The summed E-state index contributed by atoms with van der Waals surface area (Å²) in [6, 6.07) is 1.93. The van der Waals surface area contributed by atoms with Crippen molar-refractivity contribution in [3.8, 4) is 5.75 Å². The highest BCUT2D eigenvalue weighted by molar-refractivity contribution is 5.78. The average Bonchev–Trinajstić information content (AvgIpc) is 2.01. The molecule has 0 heterocycles. The number of aldehydes is 1. The van der Waals surface area contributed by atoms with Crippen molar-refractivity contribution in [2.24, 2.45) is 0 Å². The van der Waals surface area contributed by atoms with Gasteiger partial charge in [-0.15, -0.1) is 0 Å². The average molecular weight is 204 g/mol. The van der Waals surface area contributed by atoms with Gasteiger partial charge in [0.25, 0.3) is 0 Å². The summed E-state index contributed by atoms with van der Waals surface area (Å²) in [7, 11) is 0. The molecule has 0 aliphatic rings. The molecule has 1 aromatic carbocycles. The van der Waals surface area contributed by atoms with Crippen molar-refractivity contribution in [2.45, 2.75) is 13.5 Å². The van der Waals surface area contributed by atoms with Gasteiger partial charge in [-0.25, -0.2) is 4.39 Å². The number of alkyl halides is 2. The summed E-state index contributed by atoms with van der Waals surface area (Å²) in [6.45, 7) is -1.57. The summed E-state index contributed by atoms with van der Waals surface area (Å²) in [4.78, 5) is 10.4. The SMILES string of the molecule is Cc1cc(OC(F)F)cc(F)c1C=O. The van der Waals surface area contributed by atoms with Crippen molar-refractivity contribution in [1.29, 1.82) is 0 Å². The van der Waals surface area contributed by atoms with Crippen molar-refractivity contribution < 1.29 is 22.7 Å². The van der Waals surface area contributed by atoms with Crippen molar-refractivity contribution >= 4 is 6.29 Å². The molecule has 1 rings (SSSR count). The van der Waals surface area contributed by atoms with Gasteiger partial charge in [0, 0.05) is 6.07 Å². The Bertz CT molecular complexity index is 327. The van der Waals surface area contributed by atoms with Gasteiger partial charge >= 0.3 is 6.61 Å². The normalized spacial score (nSPS) is 10.4. The lowest BCUT2D eigenvalue weighted by atomic mass is 10.1. The van der Waals surface area contributed by atoms with Gasteiger partial charge in [0.2, 0.25) is 0 Å². The van der Waals surface area contributed by atoms with Crippen LogP contribution in [0.2, 0.25) is 0 Å². The largest absolute Gasteiger partial charge is 0.435 e. The molecule has 0 aliphatic carbocycles. The van der Waals surface area contributed by atoms with Crippen molar-refractivity contribution in [3.63, 3.8) is 0 Å². The number of halogens is 3. The molecule has 0 spiro atoms. The number of carbonyl (C=O) groups is 1. The predicted octanol–water partition coefficient (Wildman–Crippen LogP) is 2.55. The van der Waals surface area contributed by atoms with Crippen LogP contribution in [0.1, 0.15) is 15.9 Å². The summed E-state index contributed by atoms with van der Waals surface area (Å²) >= 11 is 0. The van der Waals surface area contributed by atoms with E-state index in [1.807, 2.05) is 0 Å². The van der Waals surface area contributed by atoms with Crippen LogP contribution in [0.25, 0.3) is 0 Å². The van der Waals surface area contributed by atoms with E-state index in [1.54, 1.807) is 0 Å². The summed E-state index contributed by atoms with van der Waals surface area (Å²) in [5.74, 6) is -1.16. The van der Waals surface area contributed by atoms with E-state index in [1.165, 1.54) is 13.0 Å². The number of hydrogen-bond donors (Lipinski definition) is 0. The molecule has 0 aromatic heterocycles. The molecule has 0 saturated carbocycles. The molecule has 1 aromatic rings. The van der Waals surface area contributed by atoms with Gasteiger partial charge in [0.1, 0.15) is 11.6 Å². The Kier molecular flexibility index (Phi) is 3.11. The van der Waals surface area contributed by atoms with E-state index in [0.29, 0.717) is 6.29 Å². The molecule has 0 aliphatic heterocycles. The topological polar surface area (TPSA) is 26.3 Å². The maximum absolute atomic E-state index is 13.0. The first-order valence-electron chi connectivity index (χ1n) is 3.74. The van der Waals surface area contributed by atoms with Gasteiger partial charge < -0.3 is 4.74 Å². The Labute approximate surface area is 78.3 Å². The van der Waals surface area contributed by atoms with Gasteiger partial charge in [0.05, 0.1) is 5.56 Å². The Morgan fingerprint density at radius 3 is 2.50 bits per heavy atom. The lowest BCUT2D eigenvalue weighted by Crippen LogP contribution is -2.03. The summed E-state index contributed by atoms with van der Waals surface area (Å²) in [6.07, 6.45) is 0.330. The molecule has 0 fully saturated rings. The van der Waals surface area contributed by atoms with E-state index in [4.69, 9.17) is 0 Å². The highest BCUT2D eigenvalue weighted by Crippen LogP contribution is 2.21. The van der Waals surface area contributed by atoms with E-state index in [9.17, 15) is 18.0 Å². The van der Waals surface area contributed by atoms with E-state index < -0.39 is 12.4 Å². The summed E-state index contributed by atoms with van der Waals surface area (Å²) in [5, 5.41) is 0. The minimum atomic E-state index is -3.00. The first-order valence-corrected chi connectivity index (χ1v) is 3.74. The molecular weight excluding hydrogens is 197 g/mol. The van der Waals surface area contributed by atoms with Gasteiger partial charge in [-0.05, 0) is 18.6 Å².